The Balaban J connectivity index is 1.35. The van der Waals surface area contributed by atoms with Crippen molar-refractivity contribution in [2.45, 2.75) is 31.7 Å². The number of aryl methyl sites for hydroxylation is 3. The molecular formula is C22H26N6O5S. The summed E-state index contributed by atoms with van der Waals surface area (Å²) in [6.45, 7) is 4.51. The summed E-state index contributed by atoms with van der Waals surface area (Å²) in [6.07, 6.45) is 5.35. The lowest BCUT2D eigenvalue weighted by atomic mass is 10.1. The fourth-order valence-electron chi connectivity index (χ4n) is 3.89. The molecule has 11 nitrogen and oxygen atoms in total. The number of aromatic nitrogens is 3. The van der Waals surface area contributed by atoms with Crippen molar-refractivity contribution < 1.29 is 22.5 Å². The first-order valence-corrected chi connectivity index (χ1v) is 12.3. The second-order valence-electron chi connectivity index (χ2n) is 8.03. The van der Waals surface area contributed by atoms with Crippen LogP contribution in [0.15, 0.2) is 52.4 Å². The largest absolute Gasteiger partial charge is 0.360 e. The van der Waals surface area contributed by atoms with E-state index in [0.29, 0.717) is 23.5 Å². The first kappa shape index (κ1) is 23.6. The molecule has 12 heteroatoms. The molecule has 0 aliphatic carbocycles. The second-order valence-corrected chi connectivity index (χ2v) is 9.90. The summed E-state index contributed by atoms with van der Waals surface area (Å²) in [5.74, 6) is -0.139. The smallest absolute Gasteiger partial charge is 0.254 e. The van der Waals surface area contributed by atoms with Crippen molar-refractivity contribution in [3.8, 4) is 0 Å². The van der Waals surface area contributed by atoms with Gasteiger partial charge in [0, 0.05) is 62.8 Å². The number of hydrogen-bond acceptors (Lipinski definition) is 7. The third-order valence-corrected chi connectivity index (χ3v) is 7.78. The molecule has 0 spiro atoms. The van der Waals surface area contributed by atoms with Crippen molar-refractivity contribution >= 4 is 27.5 Å². The molecule has 0 unspecified atom stereocenters. The first-order chi connectivity index (χ1) is 16.3. The number of sulfonamides is 1. The van der Waals surface area contributed by atoms with Crippen molar-refractivity contribution in [3.05, 3.63) is 60.0 Å². The summed E-state index contributed by atoms with van der Waals surface area (Å²) < 4.78 is 34.1. The van der Waals surface area contributed by atoms with Gasteiger partial charge in [0.1, 0.15) is 10.6 Å². The van der Waals surface area contributed by atoms with Crippen LogP contribution in [-0.4, -0.2) is 70.3 Å². The van der Waals surface area contributed by atoms with Crippen LogP contribution < -0.4 is 5.32 Å². The van der Waals surface area contributed by atoms with Gasteiger partial charge in [0.15, 0.2) is 5.76 Å². The highest BCUT2D eigenvalue weighted by molar-refractivity contribution is 7.89. The van der Waals surface area contributed by atoms with Crippen LogP contribution in [0.25, 0.3) is 0 Å². The van der Waals surface area contributed by atoms with Crippen molar-refractivity contribution in [2.24, 2.45) is 0 Å². The number of anilines is 1. The fourth-order valence-corrected chi connectivity index (χ4v) is 5.60. The van der Waals surface area contributed by atoms with Crippen molar-refractivity contribution in [3.63, 3.8) is 0 Å². The van der Waals surface area contributed by atoms with Crippen molar-refractivity contribution in [1.82, 2.24) is 23.9 Å². The molecule has 1 aromatic carbocycles. The fraction of sp³-hybridized carbons (Fsp3) is 0.364. The predicted molar refractivity (Wildman–Crippen MR) is 123 cm³/mol. The van der Waals surface area contributed by atoms with Gasteiger partial charge in [-0.1, -0.05) is 11.2 Å². The van der Waals surface area contributed by atoms with E-state index in [4.69, 9.17) is 4.52 Å². The zero-order valence-corrected chi connectivity index (χ0v) is 19.8. The van der Waals surface area contributed by atoms with Gasteiger partial charge in [-0.05, 0) is 32.0 Å². The molecule has 4 rings (SSSR count). The van der Waals surface area contributed by atoms with Crippen LogP contribution in [-0.2, 0) is 21.4 Å². The van der Waals surface area contributed by atoms with Crippen LogP contribution in [0.2, 0.25) is 0 Å². The predicted octanol–water partition coefficient (Wildman–Crippen LogP) is 1.66. The highest BCUT2D eigenvalue weighted by Gasteiger charge is 2.34. The molecule has 1 N–H and O–H groups in total. The number of nitrogens with one attached hydrogen (secondary N) is 1. The molecule has 0 radical (unpaired) electrons. The average Bonchev–Trinajstić information content (AvgIpc) is 3.47. The minimum atomic E-state index is -3.75. The number of piperazine rings is 1. The van der Waals surface area contributed by atoms with Crippen LogP contribution in [0, 0.1) is 13.8 Å². The Labute approximate surface area is 197 Å². The summed E-state index contributed by atoms with van der Waals surface area (Å²) in [6, 6.07) is 6.73. The Bertz CT molecular complexity index is 1260. The highest BCUT2D eigenvalue weighted by atomic mass is 32.2. The summed E-state index contributed by atoms with van der Waals surface area (Å²) >= 11 is 0. The molecular weight excluding hydrogens is 460 g/mol. The van der Waals surface area contributed by atoms with E-state index in [2.05, 4.69) is 15.5 Å². The van der Waals surface area contributed by atoms with Crippen molar-refractivity contribution in [1.29, 1.82) is 0 Å². The molecule has 3 aromatic rings. The Hall–Kier alpha value is -3.51. The molecule has 0 saturated carbocycles. The summed E-state index contributed by atoms with van der Waals surface area (Å²) in [7, 11) is -3.75. The molecule has 2 aromatic heterocycles. The zero-order chi connectivity index (χ0) is 24.3. The third-order valence-electron chi connectivity index (χ3n) is 5.64. The molecule has 2 amide bonds. The molecule has 1 aliphatic heterocycles. The summed E-state index contributed by atoms with van der Waals surface area (Å²) in [5.41, 5.74) is 1.27. The molecule has 0 bridgehead atoms. The molecule has 34 heavy (non-hydrogen) atoms. The standard InChI is InChI=1S/C22H26N6O5S/c1-16-21(17(2)33-25-16)34(31,32)28-12-10-27(11-13-28)22(30)18-4-3-5-19(14-18)24-20(29)6-8-26-9-7-23-15-26/h3-5,7,9,14-15H,6,8,10-13H2,1-2H3,(H,24,29). The van der Waals surface area contributed by atoms with Crippen LogP contribution in [0.3, 0.4) is 0 Å². The van der Waals surface area contributed by atoms with Gasteiger partial charge in [-0.15, -0.1) is 0 Å². The Morgan fingerprint density at radius 2 is 1.91 bits per heavy atom. The minimum Gasteiger partial charge on any atom is -0.360 e. The topological polar surface area (TPSA) is 131 Å². The number of amides is 2. The van der Waals surface area contributed by atoms with E-state index in [9.17, 15) is 18.0 Å². The molecule has 180 valence electrons. The van der Waals surface area contributed by atoms with Crippen molar-refractivity contribution in [2.75, 3.05) is 31.5 Å². The van der Waals surface area contributed by atoms with E-state index in [0.717, 1.165) is 0 Å². The van der Waals surface area contributed by atoms with E-state index in [1.165, 1.54) is 4.31 Å². The monoisotopic (exact) mass is 486 g/mol. The minimum absolute atomic E-state index is 0.0868. The van der Waals surface area contributed by atoms with Crippen LogP contribution in [0.5, 0.6) is 0 Å². The van der Waals surface area contributed by atoms with E-state index < -0.39 is 10.0 Å². The number of benzene rings is 1. The quantitative estimate of drug-likeness (QED) is 0.537. The van der Waals surface area contributed by atoms with Crippen LogP contribution in [0.1, 0.15) is 28.2 Å². The summed E-state index contributed by atoms with van der Waals surface area (Å²) in [4.78, 5) is 30.9. The lowest BCUT2D eigenvalue weighted by Crippen LogP contribution is -2.50. The van der Waals surface area contributed by atoms with E-state index in [1.807, 2.05) is 4.57 Å². The molecule has 3 heterocycles. The SMILES string of the molecule is Cc1noc(C)c1S(=O)(=O)N1CCN(C(=O)c2cccc(NC(=O)CCn3ccnc3)c2)CC1. The number of rotatable bonds is 7. The van der Waals surface area contributed by atoms with E-state index >= 15 is 0 Å². The lowest BCUT2D eigenvalue weighted by Gasteiger charge is -2.34. The molecule has 1 aliphatic rings. The van der Waals surface area contributed by atoms with Gasteiger partial charge >= 0.3 is 0 Å². The van der Waals surface area contributed by atoms with Gasteiger partial charge in [-0.2, -0.15) is 4.31 Å². The Morgan fingerprint density at radius 3 is 2.56 bits per heavy atom. The maximum atomic E-state index is 13.0. The van der Waals surface area contributed by atoms with E-state index in [1.54, 1.807) is 61.7 Å². The zero-order valence-electron chi connectivity index (χ0n) is 19.0. The van der Waals surface area contributed by atoms with E-state index in [-0.39, 0.29) is 55.1 Å². The first-order valence-electron chi connectivity index (χ1n) is 10.8. The average molecular weight is 487 g/mol. The Morgan fingerprint density at radius 1 is 1.15 bits per heavy atom. The van der Waals surface area contributed by atoms with Gasteiger partial charge in [-0.3, -0.25) is 9.59 Å². The normalized spacial score (nSPS) is 14.8. The number of carbonyl (C=O) groups excluding carboxylic acids is 2. The van der Waals surface area contributed by atoms with Gasteiger partial charge in [0.05, 0.1) is 6.33 Å². The summed E-state index contributed by atoms with van der Waals surface area (Å²) in [5, 5.41) is 6.54. The lowest BCUT2D eigenvalue weighted by molar-refractivity contribution is -0.116. The number of hydrogen-bond donors (Lipinski definition) is 1. The number of carbonyl (C=O) groups is 2. The molecule has 0 atom stereocenters. The highest BCUT2D eigenvalue weighted by Crippen LogP contribution is 2.24. The van der Waals surface area contributed by atoms with Gasteiger partial charge in [0.25, 0.3) is 5.91 Å². The Kier molecular flexibility index (Phi) is 6.80. The third kappa shape index (κ3) is 5.02. The maximum Gasteiger partial charge on any atom is 0.254 e. The number of nitrogens with zero attached hydrogens (tertiary/aromatic N) is 5. The van der Waals surface area contributed by atoms with Gasteiger partial charge in [-0.25, -0.2) is 13.4 Å². The van der Waals surface area contributed by atoms with Crippen LogP contribution >= 0.6 is 0 Å². The van der Waals surface area contributed by atoms with Gasteiger partial charge < -0.3 is 19.3 Å². The molecule has 1 saturated heterocycles. The number of imidazole rings is 1. The van der Waals surface area contributed by atoms with Crippen LogP contribution in [0.4, 0.5) is 5.69 Å². The second kappa shape index (κ2) is 9.77. The maximum absolute atomic E-state index is 13.0. The van der Waals surface area contributed by atoms with Gasteiger partial charge in [0.2, 0.25) is 15.9 Å². The molecule has 1 fully saturated rings.